The van der Waals surface area contributed by atoms with Crippen LogP contribution in [0.4, 0.5) is 5.69 Å². The van der Waals surface area contributed by atoms with E-state index in [9.17, 15) is 14.9 Å². The number of benzene rings is 2. The van der Waals surface area contributed by atoms with Crippen LogP contribution in [-0.4, -0.2) is 17.4 Å². The van der Waals surface area contributed by atoms with Gasteiger partial charge in [-0.05, 0) is 43.9 Å². The lowest BCUT2D eigenvalue weighted by Gasteiger charge is -2.08. The van der Waals surface area contributed by atoms with Gasteiger partial charge in [-0.2, -0.15) is 0 Å². The normalized spacial score (nSPS) is 10.3. The highest BCUT2D eigenvalue weighted by Gasteiger charge is 2.18. The maximum absolute atomic E-state index is 12.1. The van der Waals surface area contributed by atoms with Crippen LogP contribution in [0.3, 0.4) is 0 Å². The van der Waals surface area contributed by atoms with Crippen molar-refractivity contribution in [2.45, 2.75) is 26.7 Å². The summed E-state index contributed by atoms with van der Waals surface area (Å²) in [6.45, 7) is 4.62. The first-order valence-corrected chi connectivity index (χ1v) is 7.57. The molecule has 2 aromatic carbocycles. The first-order chi connectivity index (χ1) is 11.0. The Morgan fingerprint density at radius 3 is 2.61 bits per heavy atom. The highest BCUT2D eigenvalue weighted by atomic mass is 16.6. The smallest absolute Gasteiger partial charge is 0.282 e. The predicted octanol–water partition coefficient (Wildman–Crippen LogP) is 3.57. The summed E-state index contributed by atoms with van der Waals surface area (Å²) in [5.41, 5.74) is 3.67. The van der Waals surface area contributed by atoms with E-state index in [0.29, 0.717) is 6.54 Å². The van der Waals surface area contributed by atoms with Crippen molar-refractivity contribution in [2.24, 2.45) is 0 Å². The van der Waals surface area contributed by atoms with Crippen LogP contribution in [0.1, 0.15) is 33.5 Å². The van der Waals surface area contributed by atoms with E-state index in [-0.39, 0.29) is 11.3 Å². The summed E-state index contributed by atoms with van der Waals surface area (Å²) in [6, 6.07) is 12.3. The summed E-state index contributed by atoms with van der Waals surface area (Å²) < 4.78 is 0. The minimum atomic E-state index is -0.537. The van der Waals surface area contributed by atoms with Gasteiger partial charge in [-0.1, -0.05) is 35.9 Å². The van der Waals surface area contributed by atoms with Crippen molar-refractivity contribution in [3.05, 3.63) is 74.8 Å². The van der Waals surface area contributed by atoms with E-state index in [1.165, 1.54) is 28.8 Å². The van der Waals surface area contributed by atoms with E-state index in [1.54, 1.807) is 12.1 Å². The first-order valence-electron chi connectivity index (χ1n) is 7.57. The van der Waals surface area contributed by atoms with Crippen LogP contribution >= 0.6 is 0 Å². The lowest BCUT2D eigenvalue weighted by Crippen LogP contribution is -2.25. The third kappa shape index (κ3) is 4.39. The van der Waals surface area contributed by atoms with Gasteiger partial charge in [-0.15, -0.1) is 0 Å². The molecule has 0 spiro atoms. The summed E-state index contributed by atoms with van der Waals surface area (Å²) >= 11 is 0. The molecule has 0 saturated heterocycles. The molecule has 5 nitrogen and oxygen atoms in total. The fourth-order valence-corrected chi connectivity index (χ4v) is 2.53. The van der Waals surface area contributed by atoms with Crippen molar-refractivity contribution in [3.8, 4) is 0 Å². The molecule has 1 amide bonds. The molecule has 0 radical (unpaired) electrons. The van der Waals surface area contributed by atoms with E-state index < -0.39 is 10.8 Å². The Morgan fingerprint density at radius 1 is 1.17 bits per heavy atom. The van der Waals surface area contributed by atoms with Gasteiger partial charge in [0.05, 0.1) is 4.92 Å². The maximum atomic E-state index is 12.1. The molecule has 0 aliphatic rings. The molecule has 0 aliphatic carbocycles. The van der Waals surface area contributed by atoms with Crippen LogP contribution in [0, 0.1) is 24.0 Å². The number of hydrogen-bond acceptors (Lipinski definition) is 3. The quantitative estimate of drug-likeness (QED) is 0.503. The molecular formula is C18H20N2O3. The number of para-hydroxylation sites is 1. The average molecular weight is 312 g/mol. The van der Waals surface area contributed by atoms with Crippen molar-refractivity contribution in [2.75, 3.05) is 6.54 Å². The molecule has 23 heavy (non-hydrogen) atoms. The van der Waals surface area contributed by atoms with Gasteiger partial charge in [0.2, 0.25) is 0 Å². The zero-order chi connectivity index (χ0) is 16.8. The molecule has 5 heteroatoms. The predicted molar refractivity (Wildman–Crippen MR) is 89.7 cm³/mol. The summed E-state index contributed by atoms with van der Waals surface area (Å²) in [7, 11) is 0. The second-order valence-corrected chi connectivity index (χ2v) is 5.56. The minimum Gasteiger partial charge on any atom is -0.352 e. The number of carbonyl (C=O) groups is 1. The highest BCUT2D eigenvalue weighted by Crippen LogP contribution is 2.17. The molecule has 0 atom stereocenters. The summed E-state index contributed by atoms with van der Waals surface area (Å²) in [5.74, 6) is -0.405. The average Bonchev–Trinajstić information content (AvgIpc) is 2.53. The Balaban J connectivity index is 1.89. The van der Waals surface area contributed by atoms with Gasteiger partial charge < -0.3 is 5.32 Å². The Bertz CT molecular complexity index is 726. The maximum Gasteiger partial charge on any atom is 0.282 e. The molecule has 2 rings (SSSR count). The fourth-order valence-electron chi connectivity index (χ4n) is 2.53. The van der Waals surface area contributed by atoms with E-state index in [4.69, 9.17) is 0 Å². The molecule has 0 unspecified atom stereocenters. The van der Waals surface area contributed by atoms with Gasteiger partial charge >= 0.3 is 0 Å². The molecule has 0 saturated carbocycles. The summed E-state index contributed by atoms with van der Waals surface area (Å²) in [4.78, 5) is 22.5. The Morgan fingerprint density at radius 2 is 1.91 bits per heavy atom. The van der Waals surface area contributed by atoms with Crippen LogP contribution in [0.25, 0.3) is 0 Å². The van der Waals surface area contributed by atoms with Crippen molar-refractivity contribution >= 4 is 11.6 Å². The number of carbonyl (C=O) groups excluding carboxylic acids is 1. The van der Waals surface area contributed by atoms with Crippen LogP contribution in [0.2, 0.25) is 0 Å². The van der Waals surface area contributed by atoms with Gasteiger partial charge in [0, 0.05) is 12.6 Å². The minimum absolute atomic E-state index is 0.101. The number of nitro benzene ring substituents is 1. The third-order valence-corrected chi connectivity index (χ3v) is 3.75. The molecular weight excluding hydrogens is 292 g/mol. The van der Waals surface area contributed by atoms with Crippen molar-refractivity contribution in [1.29, 1.82) is 0 Å². The molecule has 0 bridgehead atoms. The monoisotopic (exact) mass is 312 g/mol. The highest BCUT2D eigenvalue weighted by molar-refractivity contribution is 5.98. The molecule has 0 heterocycles. The number of nitro groups is 1. The molecule has 120 valence electrons. The summed E-state index contributed by atoms with van der Waals surface area (Å²) in [5, 5.41) is 13.7. The third-order valence-electron chi connectivity index (χ3n) is 3.75. The number of nitrogens with zero attached hydrogens (tertiary/aromatic N) is 1. The van der Waals surface area contributed by atoms with Crippen molar-refractivity contribution in [3.63, 3.8) is 0 Å². The Hall–Kier alpha value is -2.69. The van der Waals surface area contributed by atoms with Crippen LogP contribution < -0.4 is 5.32 Å². The van der Waals surface area contributed by atoms with Crippen LogP contribution in [0.15, 0.2) is 42.5 Å². The number of aryl methyl sites for hydroxylation is 3. The van der Waals surface area contributed by atoms with Crippen LogP contribution in [0.5, 0.6) is 0 Å². The molecule has 0 aromatic heterocycles. The molecule has 1 N–H and O–H groups in total. The summed E-state index contributed by atoms with van der Waals surface area (Å²) in [6.07, 6.45) is 1.65. The number of nitrogens with one attached hydrogen (secondary N) is 1. The van der Waals surface area contributed by atoms with E-state index in [1.807, 2.05) is 0 Å². The van der Waals surface area contributed by atoms with E-state index >= 15 is 0 Å². The Kier molecular flexibility index (Phi) is 5.46. The van der Waals surface area contributed by atoms with Gasteiger partial charge in [0.25, 0.3) is 11.6 Å². The van der Waals surface area contributed by atoms with Crippen molar-refractivity contribution in [1.82, 2.24) is 5.32 Å². The van der Waals surface area contributed by atoms with Gasteiger partial charge in [-0.25, -0.2) is 0 Å². The van der Waals surface area contributed by atoms with Gasteiger partial charge in [0.15, 0.2) is 0 Å². The molecule has 2 aromatic rings. The second-order valence-electron chi connectivity index (χ2n) is 5.56. The lowest BCUT2D eigenvalue weighted by atomic mass is 10.0. The lowest BCUT2D eigenvalue weighted by molar-refractivity contribution is -0.385. The first kappa shape index (κ1) is 16.7. The number of rotatable bonds is 6. The molecule has 0 aliphatic heterocycles. The number of hydrogen-bond donors (Lipinski definition) is 1. The van der Waals surface area contributed by atoms with Crippen molar-refractivity contribution < 1.29 is 9.72 Å². The van der Waals surface area contributed by atoms with Crippen LogP contribution in [-0.2, 0) is 6.42 Å². The second kappa shape index (κ2) is 7.54. The van der Waals surface area contributed by atoms with Gasteiger partial charge in [-0.3, -0.25) is 14.9 Å². The van der Waals surface area contributed by atoms with E-state index in [0.717, 1.165) is 12.8 Å². The number of amides is 1. The van der Waals surface area contributed by atoms with Gasteiger partial charge in [0.1, 0.15) is 5.56 Å². The standard InChI is InChI=1S/C18H20N2O3/c1-13-9-10-15(14(2)12-13)6-5-11-19-18(21)16-7-3-4-8-17(16)20(22)23/h3-4,7-10,12H,5-6,11H2,1-2H3,(H,19,21). The zero-order valence-electron chi connectivity index (χ0n) is 13.3. The molecule has 0 fully saturated rings. The zero-order valence-corrected chi connectivity index (χ0v) is 13.3. The fraction of sp³-hybridized carbons (Fsp3) is 0.278. The Labute approximate surface area is 135 Å². The largest absolute Gasteiger partial charge is 0.352 e. The van der Waals surface area contributed by atoms with E-state index in [2.05, 4.69) is 37.4 Å². The SMILES string of the molecule is Cc1ccc(CCCNC(=O)c2ccccc2[N+](=O)[O-])c(C)c1. The topological polar surface area (TPSA) is 72.2 Å².